The topological polar surface area (TPSA) is 106 Å². The molecule has 0 aliphatic carbocycles. The number of hydrogen-bond acceptors (Lipinski definition) is 5. The van der Waals surface area contributed by atoms with Gasteiger partial charge in [-0.3, -0.25) is 0 Å². The maximum Gasteiger partial charge on any atom is 0.132 e. The van der Waals surface area contributed by atoms with Gasteiger partial charge >= 0.3 is 0 Å². The number of nitrogen functional groups attached to an aromatic ring is 1. The molecule has 0 amide bonds. The van der Waals surface area contributed by atoms with E-state index in [4.69, 9.17) is 20.7 Å². The Morgan fingerprint density at radius 3 is 2.95 bits per heavy atom. The highest BCUT2D eigenvalue weighted by atomic mass is 16.5. The molecule has 0 aliphatic rings. The maximum atomic E-state index is 8.10. The Balaban J connectivity index is 1.91. The predicted molar refractivity (Wildman–Crippen MR) is 76.5 cm³/mol. The molecule has 0 aliphatic heterocycles. The minimum atomic E-state index is 0.321. The first kappa shape index (κ1) is 13.9. The zero-order chi connectivity index (χ0) is 14.2. The molecule has 0 radical (unpaired) electrons. The van der Waals surface area contributed by atoms with E-state index in [1.807, 2.05) is 24.3 Å². The number of hydrogen-bond donors (Lipinski definition) is 1. The Kier molecular flexibility index (Phi) is 5.00. The van der Waals surface area contributed by atoms with Crippen LogP contribution in [-0.2, 0) is 4.74 Å². The first-order valence-corrected chi connectivity index (χ1v) is 6.18. The molecule has 0 unspecified atom stereocenters. The predicted octanol–water partition coefficient (Wildman–Crippen LogP) is 2.52. The molecule has 2 rings (SSSR count). The Labute approximate surface area is 115 Å². The molecule has 2 aromatic rings. The summed E-state index contributed by atoms with van der Waals surface area (Å²) < 4.78 is 10.9. The molecule has 0 saturated carbocycles. The Morgan fingerprint density at radius 1 is 1.25 bits per heavy atom. The molecular formula is C13H15N5O2. The summed E-state index contributed by atoms with van der Waals surface area (Å²) in [6.45, 7) is 1.51. The minimum absolute atomic E-state index is 0.321. The first-order chi connectivity index (χ1) is 9.81. The van der Waals surface area contributed by atoms with E-state index < -0.39 is 0 Å². The summed E-state index contributed by atoms with van der Waals surface area (Å²) in [5.41, 5.74) is 14.6. The maximum absolute atomic E-state index is 8.10. The van der Waals surface area contributed by atoms with Crippen LogP contribution in [0.15, 0.2) is 35.4 Å². The minimum Gasteiger partial charge on any atom is -0.490 e. The number of fused-ring (bicyclic) bond motifs is 1. The molecule has 2 N–H and O–H groups in total. The second-order valence-electron chi connectivity index (χ2n) is 3.98. The molecular weight excluding hydrogens is 258 g/mol. The molecule has 104 valence electrons. The highest BCUT2D eigenvalue weighted by Crippen LogP contribution is 2.26. The van der Waals surface area contributed by atoms with E-state index in [-0.39, 0.29) is 0 Å². The van der Waals surface area contributed by atoms with E-state index in [2.05, 4.69) is 15.0 Å². The Hall–Kier alpha value is -2.50. The molecule has 0 saturated heterocycles. The molecule has 1 heterocycles. The van der Waals surface area contributed by atoms with Crippen LogP contribution in [0.5, 0.6) is 5.75 Å². The molecule has 7 heteroatoms. The summed E-state index contributed by atoms with van der Waals surface area (Å²) in [7, 11) is 0. The van der Waals surface area contributed by atoms with E-state index in [0.717, 1.165) is 10.9 Å². The van der Waals surface area contributed by atoms with E-state index >= 15 is 0 Å². The summed E-state index contributed by atoms with van der Waals surface area (Å²) in [6.07, 6.45) is 0. The number of ether oxygens (including phenoxy) is 2. The number of aromatic nitrogens is 1. The van der Waals surface area contributed by atoms with Gasteiger partial charge in [-0.15, -0.1) is 0 Å². The fourth-order valence-corrected chi connectivity index (χ4v) is 1.75. The molecule has 0 atom stereocenters. The lowest BCUT2D eigenvalue weighted by Gasteiger charge is -2.10. The van der Waals surface area contributed by atoms with Crippen molar-refractivity contribution in [3.8, 4) is 5.75 Å². The Bertz CT molecular complexity index is 625. The fourth-order valence-electron chi connectivity index (χ4n) is 1.75. The quantitative estimate of drug-likeness (QED) is 0.362. The summed E-state index contributed by atoms with van der Waals surface area (Å²) in [5, 5.41) is 4.28. The van der Waals surface area contributed by atoms with Gasteiger partial charge in [-0.05, 0) is 17.7 Å². The first-order valence-electron chi connectivity index (χ1n) is 6.18. The van der Waals surface area contributed by atoms with Gasteiger partial charge in [0.05, 0.1) is 18.7 Å². The number of anilines is 1. The lowest BCUT2D eigenvalue weighted by atomic mass is 10.2. The second-order valence-corrected chi connectivity index (χ2v) is 3.98. The van der Waals surface area contributed by atoms with Gasteiger partial charge in [0.25, 0.3) is 0 Å². The van der Waals surface area contributed by atoms with Crippen molar-refractivity contribution >= 4 is 16.7 Å². The van der Waals surface area contributed by atoms with Crippen molar-refractivity contribution in [3.63, 3.8) is 0 Å². The van der Waals surface area contributed by atoms with Crippen LogP contribution in [0.4, 0.5) is 5.82 Å². The lowest BCUT2D eigenvalue weighted by Crippen LogP contribution is -2.09. The van der Waals surface area contributed by atoms with Crippen LogP contribution in [-0.4, -0.2) is 31.3 Å². The SMILES string of the molecule is [N-]=[N+]=NCCOCCOc1cc(N)nc2ccccc12. The van der Waals surface area contributed by atoms with Crippen molar-refractivity contribution in [1.29, 1.82) is 0 Å². The zero-order valence-corrected chi connectivity index (χ0v) is 10.9. The van der Waals surface area contributed by atoms with Crippen LogP contribution in [0.3, 0.4) is 0 Å². The number of azide groups is 1. The molecule has 1 aromatic heterocycles. The molecule has 20 heavy (non-hydrogen) atoms. The highest BCUT2D eigenvalue weighted by molar-refractivity contribution is 5.86. The van der Waals surface area contributed by atoms with E-state index in [0.29, 0.717) is 37.9 Å². The van der Waals surface area contributed by atoms with Gasteiger partial charge in [0.1, 0.15) is 18.2 Å². The largest absolute Gasteiger partial charge is 0.490 e. The summed E-state index contributed by atoms with van der Waals surface area (Å²) in [4.78, 5) is 6.87. The number of nitrogens with two attached hydrogens (primary N) is 1. The van der Waals surface area contributed by atoms with Crippen molar-refractivity contribution in [1.82, 2.24) is 4.98 Å². The number of benzene rings is 1. The van der Waals surface area contributed by atoms with Crippen LogP contribution >= 0.6 is 0 Å². The third-order valence-corrected chi connectivity index (χ3v) is 2.58. The molecule has 1 aromatic carbocycles. The van der Waals surface area contributed by atoms with Crippen molar-refractivity contribution in [2.24, 2.45) is 5.11 Å². The standard InChI is InChI=1S/C13H15N5O2/c14-13-9-12(10-3-1-2-4-11(10)17-13)20-8-7-19-6-5-16-18-15/h1-4,9H,5-8H2,(H2,14,17). The average Bonchev–Trinajstić information content (AvgIpc) is 2.46. The molecule has 0 fully saturated rings. The van der Waals surface area contributed by atoms with Crippen molar-refractivity contribution < 1.29 is 9.47 Å². The third kappa shape index (κ3) is 3.74. The fraction of sp³-hybridized carbons (Fsp3) is 0.308. The van der Waals surface area contributed by atoms with Crippen molar-refractivity contribution in [2.45, 2.75) is 0 Å². The molecule has 7 nitrogen and oxygen atoms in total. The van der Waals surface area contributed by atoms with Gasteiger partial charge in [-0.2, -0.15) is 0 Å². The van der Waals surface area contributed by atoms with E-state index in [9.17, 15) is 0 Å². The van der Waals surface area contributed by atoms with Gasteiger partial charge in [-0.25, -0.2) is 4.98 Å². The monoisotopic (exact) mass is 273 g/mol. The van der Waals surface area contributed by atoms with E-state index in [1.165, 1.54) is 0 Å². The Morgan fingerprint density at radius 2 is 2.10 bits per heavy atom. The summed E-state index contributed by atoms with van der Waals surface area (Å²) in [6, 6.07) is 9.33. The van der Waals surface area contributed by atoms with Gasteiger partial charge in [0, 0.05) is 22.9 Å². The van der Waals surface area contributed by atoms with Gasteiger partial charge in [0.2, 0.25) is 0 Å². The average molecular weight is 273 g/mol. The van der Waals surface area contributed by atoms with E-state index in [1.54, 1.807) is 6.07 Å². The number of nitrogens with zero attached hydrogens (tertiary/aromatic N) is 4. The smallest absolute Gasteiger partial charge is 0.132 e. The number of rotatable bonds is 7. The van der Waals surface area contributed by atoms with Gasteiger partial charge in [0.15, 0.2) is 0 Å². The zero-order valence-electron chi connectivity index (χ0n) is 10.9. The molecule has 0 bridgehead atoms. The highest BCUT2D eigenvalue weighted by Gasteiger charge is 2.04. The van der Waals surface area contributed by atoms with Crippen LogP contribution in [0, 0.1) is 0 Å². The summed E-state index contributed by atoms with van der Waals surface area (Å²) in [5.74, 6) is 1.11. The third-order valence-electron chi connectivity index (χ3n) is 2.58. The number of para-hydroxylation sites is 1. The van der Waals surface area contributed by atoms with Gasteiger partial charge < -0.3 is 15.2 Å². The van der Waals surface area contributed by atoms with Crippen LogP contribution < -0.4 is 10.5 Å². The van der Waals surface area contributed by atoms with Crippen molar-refractivity contribution in [2.75, 3.05) is 32.1 Å². The van der Waals surface area contributed by atoms with Crippen LogP contribution in [0.25, 0.3) is 21.3 Å². The summed E-state index contributed by atoms with van der Waals surface area (Å²) >= 11 is 0. The van der Waals surface area contributed by atoms with Crippen LogP contribution in [0.1, 0.15) is 0 Å². The molecule has 0 spiro atoms. The normalized spacial score (nSPS) is 10.2. The van der Waals surface area contributed by atoms with Crippen molar-refractivity contribution in [3.05, 3.63) is 40.8 Å². The van der Waals surface area contributed by atoms with Crippen LogP contribution in [0.2, 0.25) is 0 Å². The van der Waals surface area contributed by atoms with Gasteiger partial charge in [-0.1, -0.05) is 17.2 Å². The second kappa shape index (κ2) is 7.18. The lowest BCUT2D eigenvalue weighted by molar-refractivity contribution is 0.106. The number of pyridine rings is 1.